The third kappa shape index (κ3) is 3.22. The molecular weight excluding hydrogens is 310 g/mol. The molecule has 0 aliphatic heterocycles. The molecule has 18 heavy (non-hydrogen) atoms. The molecule has 4 heteroatoms. The van der Waals surface area contributed by atoms with E-state index in [0.29, 0.717) is 12.0 Å². The van der Waals surface area contributed by atoms with Gasteiger partial charge in [-0.3, -0.25) is 4.21 Å². The van der Waals surface area contributed by atoms with Crippen molar-refractivity contribution in [3.05, 3.63) is 28.7 Å². The molecule has 0 heterocycles. The van der Waals surface area contributed by atoms with Crippen LogP contribution in [0.5, 0.6) is 0 Å². The lowest BCUT2D eigenvalue weighted by Gasteiger charge is -2.34. The molecule has 2 rings (SSSR count). The monoisotopic (exact) mass is 329 g/mol. The topological polar surface area (TPSA) is 29.1 Å². The van der Waals surface area contributed by atoms with Crippen molar-refractivity contribution in [1.82, 2.24) is 5.32 Å². The smallest absolute Gasteiger partial charge is 0.0577 e. The van der Waals surface area contributed by atoms with E-state index in [4.69, 9.17) is 0 Å². The van der Waals surface area contributed by atoms with Crippen molar-refractivity contribution in [2.45, 2.75) is 42.4 Å². The molecule has 0 aromatic heterocycles. The van der Waals surface area contributed by atoms with Gasteiger partial charge in [0.25, 0.3) is 0 Å². The van der Waals surface area contributed by atoms with Crippen LogP contribution < -0.4 is 5.32 Å². The summed E-state index contributed by atoms with van der Waals surface area (Å²) in [6, 6.07) is 8.24. The summed E-state index contributed by atoms with van der Waals surface area (Å²) in [7, 11) is 1.05. The average Bonchev–Trinajstić information content (AvgIpc) is 2.38. The highest BCUT2D eigenvalue weighted by molar-refractivity contribution is 9.10. The van der Waals surface area contributed by atoms with Crippen molar-refractivity contribution in [1.29, 1.82) is 0 Å². The molecule has 0 bridgehead atoms. The first-order valence-corrected chi connectivity index (χ1v) is 8.46. The van der Waals surface area contributed by atoms with Crippen LogP contribution in [0.2, 0.25) is 0 Å². The number of nitrogens with one attached hydrogen (secondary N) is 1. The Balaban J connectivity index is 2.20. The fourth-order valence-electron chi connectivity index (χ4n) is 2.66. The Kier molecular flexibility index (Phi) is 4.98. The first kappa shape index (κ1) is 14.2. The van der Waals surface area contributed by atoms with Gasteiger partial charge in [0.05, 0.1) is 16.0 Å². The minimum atomic E-state index is -0.923. The predicted octanol–water partition coefficient (Wildman–Crippen LogP) is 3.33. The van der Waals surface area contributed by atoms with Gasteiger partial charge < -0.3 is 5.32 Å². The highest BCUT2D eigenvalue weighted by Crippen LogP contribution is 2.30. The van der Waals surface area contributed by atoms with Gasteiger partial charge >= 0.3 is 0 Å². The van der Waals surface area contributed by atoms with Gasteiger partial charge in [0.15, 0.2) is 0 Å². The van der Waals surface area contributed by atoms with Gasteiger partial charge in [-0.05, 0) is 50.4 Å². The summed E-state index contributed by atoms with van der Waals surface area (Å²) in [5, 5.41) is 3.56. The van der Waals surface area contributed by atoms with Crippen molar-refractivity contribution < 1.29 is 4.21 Å². The lowest BCUT2D eigenvalue weighted by atomic mass is 9.87. The fraction of sp³-hybridized carbons (Fsp3) is 0.571. The first-order chi connectivity index (χ1) is 8.61. The Morgan fingerprint density at radius 3 is 2.83 bits per heavy atom. The van der Waals surface area contributed by atoms with E-state index < -0.39 is 10.8 Å². The maximum atomic E-state index is 12.7. The molecule has 0 amide bonds. The number of hydrogen-bond donors (Lipinski definition) is 1. The van der Waals surface area contributed by atoms with Gasteiger partial charge in [-0.25, -0.2) is 0 Å². The zero-order valence-corrected chi connectivity index (χ0v) is 13.3. The van der Waals surface area contributed by atoms with Gasteiger partial charge in [0, 0.05) is 15.4 Å². The van der Waals surface area contributed by atoms with Crippen molar-refractivity contribution >= 4 is 26.7 Å². The largest absolute Gasteiger partial charge is 0.316 e. The van der Waals surface area contributed by atoms with Gasteiger partial charge in [-0.1, -0.05) is 28.9 Å². The standard InChI is InChI=1S/C14H20BrNOS/c1-10-6-7-13(16-2)14(8-10)18(17)12-5-3-4-11(15)9-12/h3-5,9-10,13-14,16H,6-8H2,1-2H3. The van der Waals surface area contributed by atoms with Crippen LogP contribution in [0.3, 0.4) is 0 Å². The maximum Gasteiger partial charge on any atom is 0.0577 e. The van der Waals surface area contributed by atoms with Crippen LogP contribution in [0, 0.1) is 5.92 Å². The summed E-state index contributed by atoms with van der Waals surface area (Å²) in [5.41, 5.74) is 0. The quantitative estimate of drug-likeness (QED) is 0.921. The minimum absolute atomic E-state index is 0.230. The molecule has 1 fully saturated rings. The maximum absolute atomic E-state index is 12.7. The van der Waals surface area contributed by atoms with Crippen LogP contribution >= 0.6 is 15.9 Å². The number of rotatable bonds is 3. The fourth-order valence-corrected chi connectivity index (χ4v) is 5.09. The summed E-state index contributed by atoms with van der Waals surface area (Å²) >= 11 is 3.45. The zero-order valence-electron chi connectivity index (χ0n) is 10.9. The molecule has 1 N–H and O–H groups in total. The molecule has 1 saturated carbocycles. The first-order valence-electron chi connectivity index (χ1n) is 6.45. The van der Waals surface area contributed by atoms with Gasteiger partial charge in [0.2, 0.25) is 0 Å². The summed E-state index contributed by atoms with van der Waals surface area (Å²) < 4.78 is 13.7. The number of halogens is 1. The molecule has 100 valence electrons. The molecule has 1 aromatic rings. The highest BCUT2D eigenvalue weighted by Gasteiger charge is 2.32. The molecule has 1 aliphatic carbocycles. The van der Waals surface area contributed by atoms with E-state index in [-0.39, 0.29) is 5.25 Å². The Morgan fingerprint density at radius 2 is 2.17 bits per heavy atom. The third-order valence-electron chi connectivity index (χ3n) is 3.73. The van der Waals surface area contributed by atoms with Crippen LogP contribution in [0.1, 0.15) is 26.2 Å². The molecule has 0 spiro atoms. The van der Waals surface area contributed by atoms with E-state index in [1.165, 1.54) is 6.42 Å². The molecule has 4 unspecified atom stereocenters. The average molecular weight is 330 g/mol. The van der Waals surface area contributed by atoms with Crippen LogP contribution in [-0.2, 0) is 10.8 Å². The van der Waals surface area contributed by atoms with Crippen LogP contribution in [0.4, 0.5) is 0 Å². The summed E-state index contributed by atoms with van der Waals surface area (Å²) in [6.07, 6.45) is 3.41. The Hall–Kier alpha value is -0.190. The van der Waals surface area contributed by atoms with Crippen molar-refractivity contribution in [2.75, 3.05) is 7.05 Å². The Bertz CT molecular complexity index is 438. The van der Waals surface area contributed by atoms with Gasteiger partial charge in [-0.15, -0.1) is 0 Å². The number of hydrogen-bond acceptors (Lipinski definition) is 2. The molecular formula is C14H20BrNOS. The molecule has 0 saturated heterocycles. The van der Waals surface area contributed by atoms with Gasteiger partial charge in [-0.2, -0.15) is 0 Å². The van der Waals surface area contributed by atoms with Crippen molar-refractivity contribution in [3.63, 3.8) is 0 Å². The normalized spacial score (nSPS) is 30.1. The SMILES string of the molecule is CNC1CCC(C)CC1S(=O)c1cccc(Br)c1. The lowest BCUT2D eigenvalue weighted by Crippen LogP contribution is -2.44. The molecule has 0 radical (unpaired) electrons. The van der Waals surface area contributed by atoms with E-state index in [1.54, 1.807) is 0 Å². The highest BCUT2D eigenvalue weighted by atomic mass is 79.9. The number of benzene rings is 1. The Morgan fingerprint density at radius 1 is 1.39 bits per heavy atom. The third-order valence-corrected chi connectivity index (χ3v) is 6.01. The molecule has 1 aliphatic rings. The summed E-state index contributed by atoms with van der Waals surface area (Å²) in [5.74, 6) is 0.677. The molecule has 4 atom stereocenters. The summed E-state index contributed by atoms with van der Waals surface area (Å²) in [6.45, 7) is 2.26. The van der Waals surface area contributed by atoms with Gasteiger partial charge in [0.1, 0.15) is 0 Å². The second-order valence-corrected chi connectivity index (χ2v) is 7.69. The lowest BCUT2D eigenvalue weighted by molar-refractivity contribution is 0.325. The van der Waals surface area contributed by atoms with Crippen molar-refractivity contribution in [3.8, 4) is 0 Å². The predicted molar refractivity (Wildman–Crippen MR) is 80.2 cm³/mol. The molecule has 2 nitrogen and oxygen atoms in total. The van der Waals surface area contributed by atoms with E-state index >= 15 is 0 Å². The second-order valence-electron chi connectivity index (χ2n) is 5.11. The van der Waals surface area contributed by atoms with Crippen LogP contribution in [0.15, 0.2) is 33.6 Å². The summed E-state index contributed by atoms with van der Waals surface area (Å²) in [4.78, 5) is 0.934. The van der Waals surface area contributed by atoms with E-state index in [2.05, 4.69) is 28.2 Å². The Labute approximate surface area is 120 Å². The van der Waals surface area contributed by atoms with E-state index in [0.717, 1.165) is 22.2 Å². The zero-order chi connectivity index (χ0) is 13.1. The van der Waals surface area contributed by atoms with Crippen molar-refractivity contribution in [2.24, 2.45) is 5.92 Å². The van der Waals surface area contributed by atoms with E-state index in [1.807, 2.05) is 31.3 Å². The second kappa shape index (κ2) is 6.31. The minimum Gasteiger partial charge on any atom is -0.316 e. The van der Waals surface area contributed by atoms with Crippen LogP contribution in [-0.4, -0.2) is 22.5 Å². The van der Waals surface area contributed by atoms with Crippen LogP contribution in [0.25, 0.3) is 0 Å². The van der Waals surface area contributed by atoms with E-state index in [9.17, 15) is 4.21 Å². The molecule has 1 aromatic carbocycles.